The normalized spacial score (nSPS) is 22.8. The van der Waals surface area contributed by atoms with Gasteiger partial charge in [0.05, 0.1) is 0 Å². The van der Waals surface area contributed by atoms with Gasteiger partial charge in [-0.2, -0.15) is 0 Å². The number of benzene rings is 2. The van der Waals surface area contributed by atoms with Gasteiger partial charge in [0.1, 0.15) is 11.5 Å². The van der Waals surface area contributed by atoms with E-state index in [0.29, 0.717) is 12.0 Å². The molecule has 0 heterocycles. The minimum absolute atomic E-state index is 0.650. The summed E-state index contributed by atoms with van der Waals surface area (Å²) in [7, 11) is 0. The van der Waals surface area contributed by atoms with Crippen LogP contribution in [-0.2, 0) is 0 Å². The molecule has 0 aliphatic heterocycles. The van der Waals surface area contributed by atoms with Crippen molar-refractivity contribution >= 4 is 0 Å². The Hall–Kier alpha value is -1.84. The van der Waals surface area contributed by atoms with E-state index in [4.69, 9.17) is 4.74 Å². The summed E-state index contributed by atoms with van der Waals surface area (Å²) >= 11 is 0. The number of nitrogens with one attached hydrogen (secondary N) is 2. The predicted octanol–water partition coefficient (Wildman–Crippen LogP) is 3.68. The number of hydrogen-bond acceptors (Lipinski definition) is 3. The standard InChI is InChI=1S/C20H24N2O/c1-2-4-17(5-3-1)23-18-10-6-15(7-11-18)19-14-20(19)22-13-12-21-16-8-9-16/h1-7,10-11,16,19-22H,8-9,12-14H2/t19-,20+/m0/s1. The zero-order chi connectivity index (χ0) is 15.5. The third kappa shape index (κ3) is 4.12. The smallest absolute Gasteiger partial charge is 0.127 e. The van der Waals surface area contributed by atoms with Gasteiger partial charge in [0.25, 0.3) is 0 Å². The lowest BCUT2D eigenvalue weighted by molar-refractivity contribution is 0.482. The maximum Gasteiger partial charge on any atom is 0.127 e. The minimum Gasteiger partial charge on any atom is -0.457 e. The SMILES string of the molecule is c1ccc(Oc2ccc([C@@H]3C[C@H]3NCCNC3CC3)cc2)cc1. The molecule has 2 saturated carbocycles. The van der Waals surface area contributed by atoms with E-state index in [1.54, 1.807) is 0 Å². The largest absolute Gasteiger partial charge is 0.457 e. The van der Waals surface area contributed by atoms with E-state index >= 15 is 0 Å². The van der Waals surface area contributed by atoms with Crippen LogP contribution in [0.2, 0.25) is 0 Å². The first-order valence-electron chi connectivity index (χ1n) is 8.68. The van der Waals surface area contributed by atoms with Gasteiger partial charge in [-0.1, -0.05) is 30.3 Å². The Balaban J connectivity index is 1.24. The fourth-order valence-corrected chi connectivity index (χ4v) is 3.02. The maximum absolute atomic E-state index is 5.84. The Bertz CT molecular complexity index is 622. The summed E-state index contributed by atoms with van der Waals surface area (Å²) in [5.41, 5.74) is 1.41. The molecular formula is C20H24N2O. The maximum atomic E-state index is 5.84. The molecule has 4 rings (SSSR count). The monoisotopic (exact) mass is 308 g/mol. The lowest BCUT2D eigenvalue weighted by Crippen LogP contribution is -2.30. The van der Waals surface area contributed by atoms with Crippen molar-refractivity contribution in [1.29, 1.82) is 0 Å². The van der Waals surface area contributed by atoms with Crippen molar-refractivity contribution in [3.63, 3.8) is 0 Å². The van der Waals surface area contributed by atoms with E-state index in [2.05, 4.69) is 34.9 Å². The average molecular weight is 308 g/mol. The average Bonchev–Trinajstić information content (AvgIpc) is 3.49. The molecule has 0 aromatic heterocycles. The topological polar surface area (TPSA) is 33.3 Å². The highest BCUT2D eigenvalue weighted by Gasteiger charge is 2.37. The summed E-state index contributed by atoms with van der Waals surface area (Å²) < 4.78 is 5.84. The van der Waals surface area contributed by atoms with Crippen LogP contribution in [0.25, 0.3) is 0 Å². The molecule has 2 aliphatic carbocycles. The summed E-state index contributed by atoms with van der Waals surface area (Å²) in [5.74, 6) is 2.45. The van der Waals surface area contributed by atoms with Crippen LogP contribution >= 0.6 is 0 Å². The third-order valence-electron chi connectivity index (χ3n) is 4.62. The second-order valence-corrected chi connectivity index (χ2v) is 6.62. The Morgan fingerprint density at radius 2 is 1.52 bits per heavy atom. The minimum atomic E-state index is 0.650. The van der Waals surface area contributed by atoms with E-state index in [-0.39, 0.29) is 0 Å². The Kier molecular flexibility index (Phi) is 4.31. The van der Waals surface area contributed by atoms with Gasteiger partial charge in [0.15, 0.2) is 0 Å². The third-order valence-corrected chi connectivity index (χ3v) is 4.62. The molecular weight excluding hydrogens is 284 g/mol. The second-order valence-electron chi connectivity index (χ2n) is 6.62. The summed E-state index contributed by atoms with van der Waals surface area (Å²) in [6.45, 7) is 2.17. The molecule has 0 unspecified atom stereocenters. The number of rotatable bonds is 8. The van der Waals surface area contributed by atoms with Crippen LogP contribution in [0.15, 0.2) is 54.6 Å². The van der Waals surface area contributed by atoms with E-state index in [0.717, 1.165) is 30.6 Å². The van der Waals surface area contributed by atoms with Crippen molar-refractivity contribution in [1.82, 2.24) is 10.6 Å². The Morgan fingerprint density at radius 3 is 2.26 bits per heavy atom. The molecule has 2 N–H and O–H groups in total. The molecule has 0 spiro atoms. The van der Waals surface area contributed by atoms with Crippen LogP contribution in [0.3, 0.4) is 0 Å². The summed E-state index contributed by atoms with van der Waals surface area (Å²) in [6, 6.07) is 19.9. The van der Waals surface area contributed by atoms with Crippen LogP contribution in [0.4, 0.5) is 0 Å². The van der Waals surface area contributed by atoms with Gasteiger partial charge in [0, 0.05) is 31.1 Å². The van der Waals surface area contributed by atoms with Gasteiger partial charge in [-0.25, -0.2) is 0 Å². The fraction of sp³-hybridized carbons (Fsp3) is 0.400. The first-order valence-corrected chi connectivity index (χ1v) is 8.68. The van der Waals surface area contributed by atoms with Crippen LogP contribution in [-0.4, -0.2) is 25.2 Å². The first-order chi connectivity index (χ1) is 11.4. The molecule has 0 bridgehead atoms. The zero-order valence-electron chi connectivity index (χ0n) is 13.4. The Labute approximate surface area is 138 Å². The molecule has 2 aromatic rings. The van der Waals surface area contributed by atoms with Gasteiger partial charge >= 0.3 is 0 Å². The molecule has 2 aromatic carbocycles. The lowest BCUT2D eigenvalue weighted by atomic mass is 10.1. The number of ether oxygens (including phenoxy) is 1. The molecule has 2 aliphatic rings. The molecule has 0 radical (unpaired) electrons. The second kappa shape index (κ2) is 6.73. The highest BCUT2D eigenvalue weighted by atomic mass is 16.5. The molecule has 0 amide bonds. The van der Waals surface area contributed by atoms with Crippen LogP contribution in [0.1, 0.15) is 30.7 Å². The predicted molar refractivity (Wildman–Crippen MR) is 93.1 cm³/mol. The Morgan fingerprint density at radius 1 is 0.826 bits per heavy atom. The quantitative estimate of drug-likeness (QED) is 0.730. The summed E-state index contributed by atoms with van der Waals surface area (Å²) in [4.78, 5) is 0. The van der Waals surface area contributed by atoms with Crippen molar-refractivity contribution in [2.24, 2.45) is 0 Å². The van der Waals surface area contributed by atoms with E-state index in [1.807, 2.05) is 30.3 Å². The van der Waals surface area contributed by atoms with Crippen molar-refractivity contribution in [3.8, 4) is 11.5 Å². The van der Waals surface area contributed by atoms with Crippen LogP contribution < -0.4 is 15.4 Å². The number of para-hydroxylation sites is 1. The van der Waals surface area contributed by atoms with Gasteiger partial charge < -0.3 is 15.4 Å². The van der Waals surface area contributed by atoms with Crippen molar-refractivity contribution in [2.75, 3.05) is 13.1 Å². The van der Waals surface area contributed by atoms with Crippen LogP contribution in [0, 0.1) is 0 Å². The van der Waals surface area contributed by atoms with Crippen molar-refractivity contribution in [3.05, 3.63) is 60.2 Å². The van der Waals surface area contributed by atoms with Crippen molar-refractivity contribution in [2.45, 2.75) is 37.3 Å². The zero-order valence-corrected chi connectivity index (χ0v) is 13.4. The highest BCUT2D eigenvalue weighted by Crippen LogP contribution is 2.41. The molecule has 2 fully saturated rings. The lowest BCUT2D eigenvalue weighted by Gasteiger charge is -2.07. The van der Waals surface area contributed by atoms with Gasteiger partial charge in [-0.15, -0.1) is 0 Å². The van der Waals surface area contributed by atoms with E-state index in [9.17, 15) is 0 Å². The summed E-state index contributed by atoms with van der Waals surface area (Å²) in [5, 5.41) is 7.19. The fourth-order valence-electron chi connectivity index (χ4n) is 3.02. The molecule has 0 saturated heterocycles. The molecule has 3 nitrogen and oxygen atoms in total. The molecule has 3 heteroatoms. The van der Waals surface area contributed by atoms with Gasteiger partial charge in [-0.3, -0.25) is 0 Å². The molecule has 2 atom stereocenters. The van der Waals surface area contributed by atoms with E-state index in [1.165, 1.54) is 24.8 Å². The van der Waals surface area contributed by atoms with Gasteiger partial charge in [-0.05, 0) is 49.1 Å². The highest BCUT2D eigenvalue weighted by molar-refractivity contribution is 5.36. The van der Waals surface area contributed by atoms with E-state index < -0.39 is 0 Å². The molecule has 23 heavy (non-hydrogen) atoms. The number of hydrogen-bond donors (Lipinski definition) is 2. The van der Waals surface area contributed by atoms with Crippen molar-refractivity contribution < 1.29 is 4.74 Å². The molecule has 120 valence electrons. The van der Waals surface area contributed by atoms with Gasteiger partial charge in [0.2, 0.25) is 0 Å². The van der Waals surface area contributed by atoms with Crippen LogP contribution in [0.5, 0.6) is 11.5 Å². The first kappa shape index (κ1) is 14.7. The summed E-state index contributed by atoms with van der Waals surface area (Å²) in [6.07, 6.45) is 3.98.